The number of carbonyl (C=O) groups is 1. The van der Waals surface area contributed by atoms with Gasteiger partial charge in [0.2, 0.25) is 11.7 Å². The van der Waals surface area contributed by atoms with Crippen molar-refractivity contribution in [2.24, 2.45) is 5.73 Å². The van der Waals surface area contributed by atoms with E-state index in [2.05, 4.69) is 20.1 Å². The largest absolute Gasteiger partial charge is 0.337 e. The lowest BCUT2D eigenvalue weighted by atomic mass is 9.94. The lowest BCUT2D eigenvalue weighted by molar-refractivity contribution is -0.130. The molecule has 0 fully saturated rings. The average molecular weight is 364 g/mol. The first-order valence-corrected chi connectivity index (χ1v) is 8.79. The van der Waals surface area contributed by atoms with Gasteiger partial charge in [0, 0.05) is 42.4 Å². The predicted molar refractivity (Wildman–Crippen MR) is 98.4 cm³/mol. The molecule has 0 unspecified atom stereocenters. The zero-order valence-corrected chi connectivity index (χ0v) is 15.3. The minimum Gasteiger partial charge on any atom is -0.337 e. The molecule has 0 saturated carbocycles. The fourth-order valence-electron chi connectivity index (χ4n) is 3.32. The van der Waals surface area contributed by atoms with Crippen molar-refractivity contribution in [1.29, 1.82) is 0 Å². The quantitative estimate of drug-likeness (QED) is 0.752. The van der Waals surface area contributed by atoms with Gasteiger partial charge in [-0.25, -0.2) is 0 Å². The number of aromatic nitrogens is 4. The smallest absolute Gasteiger partial charge is 0.259 e. The maximum absolute atomic E-state index is 11.9. The maximum atomic E-state index is 11.9. The summed E-state index contributed by atoms with van der Waals surface area (Å²) < 4.78 is 5.46. The Bertz CT molecular complexity index is 996. The number of amides is 1. The van der Waals surface area contributed by atoms with Gasteiger partial charge in [0.05, 0.1) is 12.1 Å². The van der Waals surface area contributed by atoms with Crippen molar-refractivity contribution in [2.75, 3.05) is 13.1 Å². The van der Waals surface area contributed by atoms with Crippen LogP contribution in [-0.2, 0) is 17.8 Å². The number of nitrogens with two attached hydrogens (primary N) is 1. The Hall–Kier alpha value is -3.13. The Morgan fingerprint density at radius 3 is 2.85 bits per heavy atom. The number of rotatable bonds is 3. The van der Waals surface area contributed by atoms with E-state index in [1.54, 1.807) is 11.1 Å². The van der Waals surface area contributed by atoms with Crippen molar-refractivity contribution < 1.29 is 9.32 Å². The number of pyridine rings is 2. The van der Waals surface area contributed by atoms with Crippen LogP contribution in [0, 0.1) is 13.8 Å². The Labute approximate surface area is 156 Å². The Balaban J connectivity index is 1.71. The van der Waals surface area contributed by atoms with Crippen LogP contribution in [0.4, 0.5) is 0 Å². The molecule has 4 rings (SSSR count). The summed E-state index contributed by atoms with van der Waals surface area (Å²) in [5.74, 6) is 0.868. The molecule has 27 heavy (non-hydrogen) atoms. The molecule has 1 aliphatic rings. The van der Waals surface area contributed by atoms with Crippen LogP contribution in [0.25, 0.3) is 22.8 Å². The van der Waals surface area contributed by atoms with Gasteiger partial charge in [0.25, 0.3) is 5.89 Å². The van der Waals surface area contributed by atoms with Gasteiger partial charge in [-0.2, -0.15) is 4.98 Å². The van der Waals surface area contributed by atoms with Crippen LogP contribution in [0.1, 0.15) is 22.5 Å². The van der Waals surface area contributed by atoms with E-state index in [1.807, 2.05) is 32.2 Å². The topological polar surface area (TPSA) is 111 Å². The minimum atomic E-state index is -0.0588. The molecule has 0 aromatic carbocycles. The lowest BCUT2D eigenvalue weighted by Crippen LogP contribution is -2.39. The van der Waals surface area contributed by atoms with Crippen LogP contribution >= 0.6 is 0 Å². The van der Waals surface area contributed by atoms with Gasteiger partial charge in [-0.3, -0.25) is 14.8 Å². The summed E-state index contributed by atoms with van der Waals surface area (Å²) in [6, 6.07) is 3.81. The van der Waals surface area contributed by atoms with Gasteiger partial charge >= 0.3 is 0 Å². The van der Waals surface area contributed by atoms with Crippen LogP contribution in [-0.4, -0.2) is 44.0 Å². The molecule has 8 nitrogen and oxygen atoms in total. The van der Waals surface area contributed by atoms with Crippen molar-refractivity contribution in [1.82, 2.24) is 25.0 Å². The van der Waals surface area contributed by atoms with Crippen LogP contribution in [0.15, 0.2) is 29.0 Å². The fourth-order valence-corrected chi connectivity index (χ4v) is 3.32. The SMILES string of the molecule is Cc1ccc(-c2nc(-c3c(C)ncc4c3CCN(C(=O)CN)C4)no2)cn1. The van der Waals surface area contributed by atoms with E-state index in [0.717, 1.165) is 33.6 Å². The molecule has 1 amide bonds. The van der Waals surface area contributed by atoms with E-state index in [4.69, 9.17) is 10.3 Å². The lowest BCUT2D eigenvalue weighted by Gasteiger charge is -2.29. The summed E-state index contributed by atoms with van der Waals surface area (Å²) in [4.78, 5) is 27.0. The number of nitrogens with zero attached hydrogens (tertiary/aromatic N) is 5. The molecular formula is C19H20N6O2. The van der Waals surface area contributed by atoms with Crippen molar-refractivity contribution in [3.8, 4) is 22.8 Å². The molecule has 0 radical (unpaired) electrons. The number of hydrogen-bond donors (Lipinski definition) is 1. The number of fused-ring (bicyclic) bond motifs is 1. The Morgan fingerprint density at radius 2 is 2.11 bits per heavy atom. The second-order valence-corrected chi connectivity index (χ2v) is 6.60. The standard InChI is InChI=1S/C19H20N6O2/c1-11-3-4-13(8-21-11)19-23-18(24-27-19)17-12(2)22-9-14-10-25(16(26)7-20)6-5-15(14)17/h3-4,8-9H,5-7,10,20H2,1-2H3. The average Bonchev–Trinajstić information content (AvgIpc) is 3.17. The van der Waals surface area contributed by atoms with Crippen molar-refractivity contribution in [3.63, 3.8) is 0 Å². The molecule has 0 bridgehead atoms. The zero-order chi connectivity index (χ0) is 19.0. The van der Waals surface area contributed by atoms with Crippen molar-refractivity contribution >= 4 is 5.91 Å². The number of aryl methyl sites for hydroxylation is 2. The van der Waals surface area contributed by atoms with E-state index >= 15 is 0 Å². The third kappa shape index (κ3) is 3.19. The number of hydrogen-bond acceptors (Lipinski definition) is 7. The van der Waals surface area contributed by atoms with E-state index in [9.17, 15) is 4.79 Å². The number of carbonyl (C=O) groups excluding carboxylic acids is 1. The van der Waals surface area contributed by atoms with Crippen LogP contribution < -0.4 is 5.73 Å². The minimum absolute atomic E-state index is 0.0142. The van der Waals surface area contributed by atoms with Gasteiger partial charge in [-0.1, -0.05) is 5.16 Å². The van der Waals surface area contributed by atoms with E-state index < -0.39 is 0 Å². The molecule has 0 spiro atoms. The van der Waals surface area contributed by atoms with Gasteiger partial charge in [-0.15, -0.1) is 0 Å². The van der Waals surface area contributed by atoms with Gasteiger partial charge < -0.3 is 15.2 Å². The molecular weight excluding hydrogens is 344 g/mol. The van der Waals surface area contributed by atoms with E-state index in [-0.39, 0.29) is 12.5 Å². The molecule has 0 atom stereocenters. The highest BCUT2D eigenvalue weighted by molar-refractivity contribution is 5.78. The van der Waals surface area contributed by atoms with Gasteiger partial charge in [0.15, 0.2) is 0 Å². The summed E-state index contributed by atoms with van der Waals surface area (Å²) >= 11 is 0. The second-order valence-electron chi connectivity index (χ2n) is 6.60. The monoisotopic (exact) mass is 364 g/mol. The molecule has 3 aromatic heterocycles. The highest BCUT2D eigenvalue weighted by Gasteiger charge is 2.26. The molecule has 8 heteroatoms. The molecule has 4 heterocycles. The summed E-state index contributed by atoms with van der Waals surface area (Å²) in [6.07, 6.45) is 4.24. The third-order valence-electron chi connectivity index (χ3n) is 4.79. The predicted octanol–water partition coefficient (Wildman–Crippen LogP) is 1.65. The molecule has 0 aliphatic carbocycles. The normalized spacial score (nSPS) is 13.5. The Morgan fingerprint density at radius 1 is 1.26 bits per heavy atom. The molecule has 2 N–H and O–H groups in total. The summed E-state index contributed by atoms with van der Waals surface area (Å²) in [5, 5.41) is 4.17. The van der Waals surface area contributed by atoms with Crippen LogP contribution in [0.2, 0.25) is 0 Å². The summed E-state index contributed by atoms with van der Waals surface area (Å²) in [5.41, 5.74) is 11.0. The van der Waals surface area contributed by atoms with E-state index in [0.29, 0.717) is 31.2 Å². The first kappa shape index (κ1) is 17.3. The molecule has 3 aromatic rings. The summed E-state index contributed by atoms with van der Waals surface area (Å²) in [6.45, 7) is 4.98. The molecule has 138 valence electrons. The Kier molecular flexibility index (Phi) is 4.41. The third-order valence-corrected chi connectivity index (χ3v) is 4.79. The maximum Gasteiger partial charge on any atom is 0.259 e. The second kappa shape index (κ2) is 6.88. The van der Waals surface area contributed by atoms with Gasteiger partial charge in [-0.05, 0) is 43.5 Å². The first-order chi connectivity index (χ1) is 13.1. The van der Waals surface area contributed by atoms with Crippen molar-refractivity contribution in [2.45, 2.75) is 26.8 Å². The zero-order valence-electron chi connectivity index (χ0n) is 15.3. The first-order valence-electron chi connectivity index (χ1n) is 8.79. The van der Waals surface area contributed by atoms with Crippen LogP contribution in [0.3, 0.4) is 0 Å². The highest BCUT2D eigenvalue weighted by atomic mass is 16.5. The van der Waals surface area contributed by atoms with Crippen molar-refractivity contribution in [3.05, 3.63) is 47.0 Å². The summed E-state index contributed by atoms with van der Waals surface area (Å²) in [7, 11) is 0. The highest BCUT2D eigenvalue weighted by Crippen LogP contribution is 2.31. The molecule has 1 aliphatic heterocycles. The van der Waals surface area contributed by atoms with E-state index in [1.165, 1.54) is 0 Å². The molecule has 0 saturated heterocycles. The fraction of sp³-hybridized carbons (Fsp3) is 0.316. The van der Waals surface area contributed by atoms with Crippen LogP contribution in [0.5, 0.6) is 0 Å². The van der Waals surface area contributed by atoms with Gasteiger partial charge in [0.1, 0.15) is 0 Å².